The van der Waals surface area contributed by atoms with Crippen LogP contribution in [-0.4, -0.2) is 46.2 Å². The fourth-order valence-electron chi connectivity index (χ4n) is 4.77. The van der Waals surface area contributed by atoms with Crippen molar-refractivity contribution in [2.75, 3.05) is 36.9 Å². The number of anilines is 2. The Hall–Kier alpha value is -2.33. The molecule has 1 saturated heterocycles. The van der Waals surface area contributed by atoms with E-state index >= 15 is 0 Å². The fraction of sp³-hybridized carbons (Fsp3) is 0.407. The number of thiophene rings is 1. The SMILES string of the molecule is CCCCCCCc1c(-c2ccc(N3CCOCC3)nc2)nc2ncnc(N)c2c1-c1cc(Br)cs1.Cl. The van der Waals surface area contributed by atoms with E-state index in [1.165, 1.54) is 37.6 Å². The molecule has 1 fully saturated rings. The number of morpholine rings is 1. The van der Waals surface area contributed by atoms with Gasteiger partial charge in [-0.05, 0) is 52.5 Å². The van der Waals surface area contributed by atoms with E-state index in [-0.39, 0.29) is 12.4 Å². The van der Waals surface area contributed by atoms with E-state index in [0.717, 1.165) is 76.5 Å². The Balaban J connectivity index is 0.00000320. The van der Waals surface area contributed by atoms with Crippen LogP contribution in [0.2, 0.25) is 0 Å². The molecule has 0 unspecified atom stereocenters. The summed E-state index contributed by atoms with van der Waals surface area (Å²) in [6, 6.07) is 6.37. The van der Waals surface area contributed by atoms with Crippen molar-refractivity contribution in [3.8, 4) is 21.7 Å². The molecule has 0 aromatic carbocycles. The molecule has 5 rings (SSSR count). The Morgan fingerprint density at radius 2 is 1.89 bits per heavy atom. The van der Waals surface area contributed by atoms with Crippen molar-refractivity contribution in [1.29, 1.82) is 0 Å². The number of pyridine rings is 2. The van der Waals surface area contributed by atoms with Crippen molar-refractivity contribution in [2.24, 2.45) is 0 Å². The quantitative estimate of drug-likeness (QED) is 0.207. The molecular formula is C27H32BrClN6OS. The lowest BCUT2D eigenvalue weighted by atomic mass is 9.93. The molecule has 0 aliphatic carbocycles. The van der Waals surface area contributed by atoms with Crippen LogP contribution in [0, 0.1) is 0 Å². The highest BCUT2D eigenvalue weighted by molar-refractivity contribution is 9.10. The number of hydrogen-bond donors (Lipinski definition) is 1. The van der Waals surface area contributed by atoms with E-state index in [9.17, 15) is 0 Å². The lowest BCUT2D eigenvalue weighted by Gasteiger charge is -2.27. The van der Waals surface area contributed by atoms with Gasteiger partial charge in [-0.25, -0.2) is 19.9 Å². The van der Waals surface area contributed by atoms with Crippen LogP contribution in [-0.2, 0) is 11.2 Å². The minimum absolute atomic E-state index is 0. The Bertz CT molecular complexity index is 1330. The van der Waals surface area contributed by atoms with Crippen LogP contribution >= 0.6 is 39.7 Å². The van der Waals surface area contributed by atoms with Gasteiger partial charge in [-0.2, -0.15) is 0 Å². The number of nitrogens with zero attached hydrogens (tertiary/aromatic N) is 5. The molecule has 10 heteroatoms. The van der Waals surface area contributed by atoms with Gasteiger partial charge in [0.05, 0.1) is 24.3 Å². The molecule has 4 aromatic heterocycles. The van der Waals surface area contributed by atoms with Crippen LogP contribution in [0.3, 0.4) is 0 Å². The fourth-order valence-corrected chi connectivity index (χ4v) is 6.27. The maximum absolute atomic E-state index is 6.43. The number of nitrogen functional groups attached to an aromatic ring is 1. The summed E-state index contributed by atoms with van der Waals surface area (Å²) in [5.74, 6) is 1.43. The average Bonchev–Trinajstić information content (AvgIpc) is 3.34. The first-order chi connectivity index (χ1) is 17.7. The highest BCUT2D eigenvalue weighted by Gasteiger charge is 2.22. The van der Waals surface area contributed by atoms with E-state index in [2.05, 4.69) is 61.3 Å². The molecule has 0 atom stereocenters. The zero-order valence-corrected chi connectivity index (χ0v) is 24.2. The van der Waals surface area contributed by atoms with Gasteiger partial charge in [0.2, 0.25) is 0 Å². The summed E-state index contributed by atoms with van der Waals surface area (Å²) in [6.45, 7) is 5.43. The first kappa shape index (κ1) is 27.7. The predicted molar refractivity (Wildman–Crippen MR) is 159 cm³/mol. The smallest absolute Gasteiger partial charge is 0.165 e. The molecule has 7 nitrogen and oxygen atoms in total. The summed E-state index contributed by atoms with van der Waals surface area (Å²) >= 11 is 5.33. The van der Waals surface area contributed by atoms with Crippen molar-refractivity contribution in [3.05, 3.63) is 46.1 Å². The van der Waals surface area contributed by atoms with Gasteiger partial charge in [-0.3, -0.25) is 0 Å². The molecule has 196 valence electrons. The van der Waals surface area contributed by atoms with E-state index in [0.29, 0.717) is 11.5 Å². The summed E-state index contributed by atoms with van der Waals surface area (Å²) in [4.78, 5) is 22.1. The van der Waals surface area contributed by atoms with Gasteiger partial charge in [-0.15, -0.1) is 23.7 Å². The molecule has 1 aliphatic rings. The molecule has 1 aliphatic heterocycles. The Labute approximate surface area is 236 Å². The van der Waals surface area contributed by atoms with Gasteiger partial charge in [-0.1, -0.05) is 32.6 Å². The molecular weight excluding hydrogens is 572 g/mol. The van der Waals surface area contributed by atoms with Crippen LogP contribution in [0.5, 0.6) is 0 Å². The van der Waals surface area contributed by atoms with E-state index in [1.54, 1.807) is 11.3 Å². The Morgan fingerprint density at radius 1 is 1.08 bits per heavy atom. The summed E-state index contributed by atoms with van der Waals surface area (Å²) in [6.07, 6.45) is 10.4. The predicted octanol–water partition coefficient (Wildman–Crippen LogP) is 6.93. The molecule has 0 radical (unpaired) electrons. The van der Waals surface area contributed by atoms with Crippen molar-refractivity contribution in [2.45, 2.75) is 45.4 Å². The summed E-state index contributed by atoms with van der Waals surface area (Å²) in [5.41, 5.74) is 11.2. The van der Waals surface area contributed by atoms with Crippen LogP contribution in [0.15, 0.2) is 40.6 Å². The second-order valence-electron chi connectivity index (χ2n) is 9.07. The largest absolute Gasteiger partial charge is 0.383 e. The monoisotopic (exact) mass is 602 g/mol. The number of halogens is 2. The number of nitrogens with two attached hydrogens (primary N) is 1. The zero-order chi connectivity index (χ0) is 24.9. The molecule has 0 amide bonds. The summed E-state index contributed by atoms with van der Waals surface area (Å²) in [5, 5.41) is 2.93. The van der Waals surface area contributed by atoms with Crippen LogP contribution < -0.4 is 10.6 Å². The summed E-state index contributed by atoms with van der Waals surface area (Å²) < 4.78 is 6.55. The van der Waals surface area contributed by atoms with Gasteiger partial charge in [0.25, 0.3) is 0 Å². The van der Waals surface area contributed by atoms with Gasteiger partial charge in [0.15, 0.2) is 5.65 Å². The first-order valence-electron chi connectivity index (χ1n) is 12.6. The highest BCUT2D eigenvalue weighted by atomic mass is 79.9. The first-order valence-corrected chi connectivity index (χ1v) is 14.3. The Kier molecular flexibility index (Phi) is 9.70. The highest BCUT2D eigenvalue weighted by Crippen LogP contribution is 2.42. The molecule has 4 aromatic rings. The van der Waals surface area contributed by atoms with Crippen LogP contribution in [0.1, 0.15) is 44.6 Å². The average molecular weight is 604 g/mol. The van der Waals surface area contributed by atoms with Gasteiger partial charge < -0.3 is 15.4 Å². The maximum atomic E-state index is 6.43. The van der Waals surface area contributed by atoms with Gasteiger partial charge >= 0.3 is 0 Å². The second-order valence-corrected chi connectivity index (χ2v) is 10.9. The third kappa shape index (κ3) is 6.22. The molecule has 5 heterocycles. The van der Waals surface area contributed by atoms with Gasteiger partial charge in [0.1, 0.15) is 18.0 Å². The van der Waals surface area contributed by atoms with E-state index in [1.807, 2.05) is 6.20 Å². The number of unbranched alkanes of at least 4 members (excludes halogenated alkanes) is 4. The number of rotatable bonds is 9. The van der Waals surface area contributed by atoms with Crippen molar-refractivity contribution >= 4 is 62.3 Å². The van der Waals surface area contributed by atoms with Crippen molar-refractivity contribution in [1.82, 2.24) is 19.9 Å². The van der Waals surface area contributed by atoms with Crippen LogP contribution in [0.4, 0.5) is 11.6 Å². The Morgan fingerprint density at radius 3 is 2.59 bits per heavy atom. The normalized spacial score (nSPS) is 13.6. The van der Waals surface area contributed by atoms with Crippen LogP contribution in [0.25, 0.3) is 32.7 Å². The van der Waals surface area contributed by atoms with E-state index < -0.39 is 0 Å². The second kappa shape index (κ2) is 13.0. The molecule has 37 heavy (non-hydrogen) atoms. The topological polar surface area (TPSA) is 90.0 Å². The van der Waals surface area contributed by atoms with Crippen molar-refractivity contribution in [3.63, 3.8) is 0 Å². The molecule has 0 bridgehead atoms. The minimum Gasteiger partial charge on any atom is -0.383 e. The van der Waals surface area contributed by atoms with Gasteiger partial charge in [0, 0.05) is 45.1 Å². The number of fused-ring (bicyclic) bond motifs is 1. The maximum Gasteiger partial charge on any atom is 0.165 e. The third-order valence-corrected chi connectivity index (χ3v) is 8.32. The molecule has 2 N–H and O–H groups in total. The lowest BCUT2D eigenvalue weighted by Crippen LogP contribution is -2.36. The standard InChI is InChI=1S/C27H31BrN6OS.ClH/c1-2-3-4-5-6-7-20-23(21-14-19(28)16-36-21)24-26(29)31-17-32-27(24)33-25(20)18-8-9-22(30-15-18)34-10-12-35-13-11-34;/h8-9,14-17H,2-7,10-13H2,1H3,(H2,29,31,32,33);1H. The number of ether oxygens (including phenoxy) is 1. The number of aromatic nitrogens is 4. The lowest BCUT2D eigenvalue weighted by molar-refractivity contribution is 0.122. The zero-order valence-electron chi connectivity index (χ0n) is 21.0. The molecule has 0 saturated carbocycles. The van der Waals surface area contributed by atoms with Crippen molar-refractivity contribution < 1.29 is 4.74 Å². The third-order valence-electron chi connectivity index (χ3n) is 6.61. The summed E-state index contributed by atoms with van der Waals surface area (Å²) in [7, 11) is 0. The van der Waals surface area contributed by atoms with E-state index in [4.69, 9.17) is 20.4 Å². The number of hydrogen-bond acceptors (Lipinski definition) is 8. The minimum atomic E-state index is 0. The molecule has 0 spiro atoms.